The van der Waals surface area contributed by atoms with Gasteiger partial charge in [0.15, 0.2) is 0 Å². The van der Waals surface area contributed by atoms with Gasteiger partial charge in [0.25, 0.3) is 0 Å². The van der Waals surface area contributed by atoms with Gasteiger partial charge in [0.2, 0.25) is 0 Å². The summed E-state index contributed by atoms with van der Waals surface area (Å²) in [5.74, 6) is 0. The predicted octanol–water partition coefficient (Wildman–Crippen LogP) is -0.745. The molecular weight excluding hydrogens is 444 g/mol. The van der Waals surface area contributed by atoms with Crippen molar-refractivity contribution in [3.05, 3.63) is 18.7 Å². The Hall–Kier alpha value is -0.410. The van der Waals surface area contributed by atoms with Crippen molar-refractivity contribution in [2.75, 3.05) is 20.8 Å². The molecule has 176 valence electrons. The smallest absolute Gasteiger partial charge is 0.385 e. The van der Waals surface area contributed by atoms with Crippen molar-refractivity contribution in [1.82, 2.24) is 26.2 Å². The van der Waals surface area contributed by atoms with Crippen LogP contribution >= 0.6 is 16.1 Å². The molecule has 1 aromatic rings. The molecule has 4 atom stereocenters. The van der Waals surface area contributed by atoms with Gasteiger partial charge in [0.1, 0.15) is 26.3 Å². The molecule has 1 aromatic heterocycles. The molecule has 16 heteroatoms. The van der Waals surface area contributed by atoms with Crippen molar-refractivity contribution in [3.63, 3.8) is 0 Å². The van der Waals surface area contributed by atoms with E-state index in [1.54, 1.807) is 14.0 Å². The van der Waals surface area contributed by atoms with Gasteiger partial charge in [0.05, 0.1) is 6.33 Å². The van der Waals surface area contributed by atoms with Crippen LogP contribution < -0.4 is 16.6 Å². The van der Waals surface area contributed by atoms with Crippen LogP contribution in [0.2, 0.25) is 0 Å². The average Bonchev–Trinajstić information content (AvgIpc) is 3.19. The van der Waals surface area contributed by atoms with E-state index in [0.717, 1.165) is 0 Å². The van der Waals surface area contributed by atoms with Gasteiger partial charge in [0, 0.05) is 26.1 Å². The number of aliphatic hydroxyl groups is 1. The molecule has 0 aliphatic rings. The van der Waals surface area contributed by atoms with Crippen molar-refractivity contribution in [1.29, 1.82) is 0 Å². The summed E-state index contributed by atoms with van der Waals surface area (Å²) in [7, 11) is -4.63. The molecule has 0 aliphatic carbocycles. The van der Waals surface area contributed by atoms with Crippen LogP contribution in [0, 0.1) is 0 Å². The molecule has 0 fully saturated rings. The second kappa shape index (κ2) is 12.6. The summed E-state index contributed by atoms with van der Waals surface area (Å²) in [6, 6.07) is 0. The fourth-order valence-corrected chi connectivity index (χ4v) is 5.87. The Kier molecular flexibility index (Phi) is 11.6. The zero-order valence-corrected chi connectivity index (χ0v) is 19.1. The molecule has 0 spiro atoms. The summed E-state index contributed by atoms with van der Waals surface area (Å²) >= 11 is 0. The zero-order chi connectivity index (χ0) is 22.8. The predicted molar refractivity (Wildman–Crippen MR) is 107 cm³/mol. The lowest BCUT2D eigenvalue weighted by atomic mass is 10.2. The van der Waals surface area contributed by atoms with E-state index in [4.69, 9.17) is 19.4 Å². The van der Waals surface area contributed by atoms with Crippen LogP contribution in [-0.2, 0) is 25.9 Å². The third-order valence-corrected chi connectivity index (χ3v) is 8.69. The fourth-order valence-electron chi connectivity index (χ4n) is 2.32. The van der Waals surface area contributed by atoms with Crippen molar-refractivity contribution < 1.29 is 44.0 Å². The van der Waals surface area contributed by atoms with Gasteiger partial charge < -0.3 is 19.3 Å². The molecule has 0 aromatic carbocycles. The SMILES string of the molecule is CNC(C)ONONO[C@](C)(CCCOC)[P@@](O)C(O)(Cn1ccnc1)[P+](O)(O)O. The van der Waals surface area contributed by atoms with Crippen LogP contribution in [0.25, 0.3) is 0 Å². The largest absolute Gasteiger partial charge is 0.447 e. The first-order chi connectivity index (χ1) is 14.0. The lowest BCUT2D eigenvalue weighted by Gasteiger charge is -2.40. The maximum Gasteiger partial charge on any atom is 0.447 e. The summed E-state index contributed by atoms with van der Waals surface area (Å²) in [6.45, 7) is 2.87. The van der Waals surface area contributed by atoms with Gasteiger partial charge in [-0.3, -0.25) is 15.0 Å². The summed E-state index contributed by atoms with van der Waals surface area (Å²) < 4.78 is 6.29. The number of nitrogens with zero attached hydrogens (tertiary/aromatic N) is 2. The topological polar surface area (TPSA) is 192 Å². The molecule has 30 heavy (non-hydrogen) atoms. The monoisotopic (exact) mass is 476 g/mol. The van der Waals surface area contributed by atoms with Gasteiger partial charge in [-0.1, -0.05) is 11.3 Å². The Morgan fingerprint density at radius 2 is 2.00 bits per heavy atom. The minimum Gasteiger partial charge on any atom is -0.385 e. The van der Waals surface area contributed by atoms with E-state index >= 15 is 0 Å². The van der Waals surface area contributed by atoms with Gasteiger partial charge in [-0.25, -0.2) is 4.98 Å². The molecule has 14 nitrogen and oxygen atoms in total. The van der Waals surface area contributed by atoms with Crippen molar-refractivity contribution >= 4 is 16.1 Å². The first-order valence-corrected chi connectivity index (χ1v) is 11.8. The molecule has 0 saturated heterocycles. The van der Waals surface area contributed by atoms with E-state index in [2.05, 4.69) is 21.6 Å². The van der Waals surface area contributed by atoms with E-state index in [1.165, 1.54) is 37.3 Å². The highest BCUT2D eigenvalue weighted by Crippen LogP contribution is 2.74. The number of hydrogen-bond acceptors (Lipinski definition) is 13. The van der Waals surface area contributed by atoms with Crippen LogP contribution in [0.1, 0.15) is 26.7 Å². The molecule has 0 amide bonds. The Balaban J connectivity index is 2.97. The van der Waals surface area contributed by atoms with Gasteiger partial charge in [-0.2, -0.15) is 19.6 Å². The second-order valence-corrected chi connectivity index (χ2v) is 11.1. The Labute approximate surface area is 176 Å². The van der Waals surface area contributed by atoms with E-state index < -0.39 is 39.3 Å². The fraction of sp³-hybridized carbons (Fsp3) is 0.786. The molecule has 2 unspecified atom stereocenters. The molecule has 0 aliphatic heterocycles. The first kappa shape index (κ1) is 27.6. The van der Waals surface area contributed by atoms with Crippen molar-refractivity contribution in [3.8, 4) is 0 Å². The molecule has 0 saturated carbocycles. The minimum atomic E-state index is -4.98. The highest BCUT2D eigenvalue weighted by atomic mass is 31.3. The summed E-state index contributed by atoms with van der Waals surface area (Å²) in [4.78, 5) is 59.8. The molecular formula is C14H32N5O9P2+. The molecule has 8 N–H and O–H groups in total. The third-order valence-electron chi connectivity index (χ3n) is 4.19. The molecule has 0 radical (unpaired) electrons. The van der Waals surface area contributed by atoms with E-state index in [0.29, 0.717) is 13.0 Å². The van der Waals surface area contributed by atoms with Gasteiger partial charge in [-0.05, 0) is 33.7 Å². The van der Waals surface area contributed by atoms with Crippen LogP contribution in [0.5, 0.6) is 0 Å². The molecule has 0 bridgehead atoms. The Morgan fingerprint density at radius 3 is 2.53 bits per heavy atom. The van der Waals surface area contributed by atoms with E-state index in [9.17, 15) is 24.7 Å². The summed E-state index contributed by atoms with van der Waals surface area (Å²) in [6.07, 6.45) is 4.20. The van der Waals surface area contributed by atoms with Crippen LogP contribution in [0.4, 0.5) is 0 Å². The standard InChI is InChI=1S/C14H32N5O9P2/c1-12(15-3)26-17-28-18-27-13(2,6-5-9-25-4)29(21)14(20,30(22,23)24)10-19-8-7-16-11-19/h7-8,11-12,15,17-18,20-24H,5-6,9-10H2,1-4H3/q+1/t12?,13-,14?,29+/m0/s1. The van der Waals surface area contributed by atoms with Gasteiger partial charge in [-0.15, -0.1) is 0 Å². The van der Waals surface area contributed by atoms with Crippen molar-refractivity contribution in [2.45, 2.75) is 49.9 Å². The lowest BCUT2D eigenvalue weighted by Crippen LogP contribution is -2.45. The maximum atomic E-state index is 11.0. The number of hydrogen-bond donors (Lipinski definition) is 8. The molecule has 1 heterocycles. The zero-order valence-electron chi connectivity index (χ0n) is 17.3. The van der Waals surface area contributed by atoms with Crippen LogP contribution in [0.15, 0.2) is 18.7 Å². The molecule has 1 rings (SSSR count). The van der Waals surface area contributed by atoms with E-state index in [1.807, 2.05) is 0 Å². The highest BCUT2D eigenvalue weighted by molar-refractivity contribution is 7.75. The minimum absolute atomic E-state index is 0.0966. The average molecular weight is 476 g/mol. The lowest BCUT2D eigenvalue weighted by molar-refractivity contribution is -0.316. The van der Waals surface area contributed by atoms with Crippen LogP contribution in [-0.4, -0.2) is 71.6 Å². The Morgan fingerprint density at radius 1 is 1.30 bits per heavy atom. The Bertz CT molecular complexity index is 597. The number of nitrogens with one attached hydrogen (secondary N) is 3. The van der Waals surface area contributed by atoms with Gasteiger partial charge >= 0.3 is 13.0 Å². The number of aromatic nitrogens is 2. The van der Waals surface area contributed by atoms with Crippen molar-refractivity contribution in [2.24, 2.45) is 0 Å². The number of ether oxygens (including phenoxy) is 1. The number of methoxy groups -OCH3 is 1. The summed E-state index contributed by atoms with van der Waals surface area (Å²) in [5.41, 5.74) is 4.19. The quantitative estimate of drug-likeness (QED) is 0.0644. The second-order valence-electron chi connectivity index (χ2n) is 6.58. The summed E-state index contributed by atoms with van der Waals surface area (Å²) in [5, 5.41) is 9.44. The first-order valence-electron chi connectivity index (χ1n) is 8.90. The maximum absolute atomic E-state index is 11.0. The highest BCUT2D eigenvalue weighted by Gasteiger charge is 2.68. The number of imidazole rings is 1. The van der Waals surface area contributed by atoms with Crippen LogP contribution in [0.3, 0.4) is 0 Å². The van der Waals surface area contributed by atoms with E-state index in [-0.39, 0.29) is 6.42 Å². The number of rotatable bonds is 16. The normalized spacial score (nSPS) is 18.6. The third kappa shape index (κ3) is 7.93.